The number of rotatable bonds is 4. The van der Waals surface area contributed by atoms with Crippen LogP contribution >= 0.6 is 0 Å². The van der Waals surface area contributed by atoms with E-state index in [-0.39, 0.29) is 11.8 Å². The molecule has 0 radical (unpaired) electrons. The van der Waals surface area contributed by atoms with Gasteiger partial charge in [-0.15, -0.1) is 0 Å². The molecule has 2 atom stereocenters. The third-order valence-electron chi connectivity index (χ3n) is 3.26. The molecule has 96 valence electrons. The number of hydrazone groups is 1. The van der Waals surface area contributed by atoms with Crippen LogP contribution in [0.3, 0.4) is 0 Å². The van der Waals surface area contributed by atoms with Gasteiger partial charge in [0.1, 0.15) is 5.76 Å². The quantitative estimate of drug-likeness (QED) is 0.673. The van der Waals surface area contributed by atoms with Gasteiger partial charge in [-0.25, -0.2) is 5.43 Å². The second-order valence-electron chi connectivity index (χ2n) is 4.61. The fourth-order valence-corrected chi connectivity index (χ4v) is 2.16. The van der Waals surface area contributed by atoms with Crippen molar-refractivity contribution in [2.24, 2.45) is 11.0 Å². The molecule has 0 aliphatic heterocycles. The number of nitrogens with zero attached hydrogens (tertiary/aromatic N) is 1. The lowest BCUT2D eigenvalue weighted by atomic mass is 10.1. The number of benzene rings is 1. The van der Waals surface area contributed by atoms with Crippen molar-refractivity contribution in [2.75, 3.05) is 0 Å². The Bertz CT molecular complexity index is 575. The van der Waals surface area contributed by atoms with Crippen molar-refractivity contribution in [3.63, 3.8) is 0 Å². The highest BCUT2D eigenvalue weighted by Gasteiger charge is 2.43. The molecule has 1 aromatic carbocycles. The first kappa shape index (κ1) is 11.7. The third kappa shape index (κ3) is 2.73. The van der Waals surface area contributed by atoms with Gasteiger partial charge in [-0.3, -0.25) is 4.79 Å². The number of amides is 1. The average Bonchev–Trinajstić information content (AvgIpc) is 3.09. The number of carbonyl (C=O) groups excluding carboxylic acids is 1. The van der Waals surface area contributed by atoms with Gasteiger partial charge in [-0.2, -0.15) is 5.10 Å². The van der Waals surface area contributed by atoms with E-state index in [4.69, 9.17) is 4.42 Å². The van der Waals surface area contributed by atoms with Gasteiger partial charge in [0.25, 0.3) is 0 Å². The molecule has 2 aromatic rings. The zero-order valence-electron chi connectivity index (χ0n) is 10.3. The van der Waals surface area contributed by atoms with E-state index in [0.717, 1.165) is 6.42 Å². The Morgan fingerprint density at radius 3 is 2.84 bits per heavy atom. The van der Waals surface area contributed by atoms with Crippen molar-refractivity contribution in [1.29, 1.82) is 0 Å². The first-order valence-corrected chi connectivity index (χ1v) is 6.26. The molecule has 1 aromatic heterocycles. The molecule has 1 saturated carbocycles. The maximum Gasteiger partial charge on any atom is 0.243 e. The van der Waals surface area contributed by atoms with Crippen LogP contribution in [-0.4, -0.2) is 12.1 Å². The minimum Gasteiger partial charge on any atom is -0.463 e. The van der Waals surface area contributed by atoms with Crippen molar-refractivity contribution in [3.8, 4) is 0 Å². The highest BCUT2D eigenvalue weighted by Crippen LogP contribution is 2.47. The summed E-state index contributed by atoms with van der Waals surface area (Å²) in [4.78, 5) is 11.9. The van der Waals surface area contributed by atoms with E-state index in [1.165, 1.54) is 11.8 Å². The SMILES string of the molecule is O=C(N/N=C\c1ccco1)[C@H]1C[C@H]1c1ccccc1. The van der Waals surface area contributed by atoms with Gasteiger partial charge in [-0.1, -0.05) is 30.3 Å². The minimum absolute atomic E-state index is 0.0309. The summed E-state index contributed by atoms with van der Waals surface area (Å²) in [6, 6.07) is 13.6. The largest absolute Gasteiger partial charge is 0.463 e. The van der Waals surface area contributed by atoms with Crippen LogP contribution in [0.5, 0.6) is 0 Å². The average molecular weight is 254 g/mol. The lowest BCUT2D eigenvalue weighted by molar-refractivity contribution is -0.122. The number of hydrogen-bond donors (Lipinski definition) is 1. The van der Waals surface area contributed by atoms with Crippen LogP contribution in [0.1, 0.15) is 23.7 Å². The van der Waals surface area contributed by atoms with Gasteiger partial charge in [0.15, 0.2) is 0 Å². The zero-order valence-corrected chi connectivity index (χ0v) is 10.3. The van der Waals surface area contributed by atoms with Gasteiger partial charge in [0.2, 0.25) is 5.91 Å². The molecule has 4 nitrogen and oxygen atoms in total. The van der Waals surface area contributed by atoms with E-state index < -0.39 is 0 Å². The van der Waals surface area contributed by atoms with Gasteiger partial charge in [0.05, 0.1) is 12.5 Å². The van der Waals surface area contributed by atoms with Gasteiger partial charge >= 0.3 is 0 Å². The standard InChI is InChI=1S/C15H14N2O2/c18-15(17-16-10-12-7-4-8-19-12)14-9-13(14)11-5-2-1-3-6-11/h1-8,10,13-14H,9H2,(H,17,18)/b16-10-/t13-,14-/m0/s1. The Labute approximate surface area is 111 Å². The van der Waals surface area contributed by atoms with Crippen LogP contribution in [0.25, 0.3) is 0 Å². The first-order valence-electron chi connectivity index (χ1n) is 6.26. The molecular weight excluding hydrogens is 240 g/mol. The van der Waals surface area contributed by atoms with Crippen LogP contribution in [0.4, 0.5) is 0 Å². The molecule has 1 fully saturated rings. The fourth-order valence-electron chi connectivity index (χ4n) is 2.16. The maximum absolute atomic E-state index is 11.9. The maximum atomic E-state index is 11.9. The van der Waals surface area contributed by atoms with E-state index >= 15 is 0 Å². The summed E-state index contributed by atoms with van der Waals surface area (Å²) in [5, 5.41) is 3.88. The van der Waals surface area contributed by atoms with Crippen LogP contribution in [-0.2, 0) is 4.79 Å². The molecule has 4 heteroatoms. The summed E-state index contributed by atoms with van der Waals surface area (Å²) in [5.74, 6) is 0.962. The second kappa shape index (κ2) is 5.10. The Morgan fingerprint density at radius 1 is 1.26 bits per heavy atom. The minimum atomic E-state index is -0.0309. The van der Waals surface area contributed by atoms with E-state index in [9.17, 15) is 4.79 Å². The van der Waals surface area contributed by atoms with E-state index in [0.29, 0.717) is 11.7 Å². The van der Waals surface area contributed by atoms with Crippen molar-refractivity contribution >= 4 is 12.1 Å². The summed E-state index contributed by atoms with van der Waals surface area (Å²) in [7, 11) is 0. The normalized spacial score (nSPS) is 21.5. The van der Waals surface area contributed by atoms with Gasteiger partial charge < -0.3 is 4.42 Å². The monoisotopic (exact) mass is 254 g/mol. The van der Waals surface area contributed by atoms with E-state index in [1.54, 1.807) is 18.4 Å². The van der Waals surface area contributed by atoms with Crippen molar-refractivity contribution in [1.82, 2.24) is 5.43 Å². The second-order valence-corrected chi connectivity index (χ2v) is 4.61. The van der Waals surface area contributed by atoms with Crippen molar-refractivity contribution in [2.45, 2.75) is 12.3 Å². The molecule has 1 aliphatic rings. The molecule has 0 bridgehead atoms. The van der Waals surface area contributed by atoms with E-state index in [2.05, 4.69) is 22.7 Å². The summed E-state index contributed by atoms with van der Waals surface area (Å²) in [6.45, 7) is 0. The Kier molecular flexibility index (Phi) is 3.14. The molecule has 1 amide bonds. The summed E-state index contributed by atoms with van der Waals surface area (Å²) in [6.07, 6.45) is 3.96. The molecular formula is C15H14N2O2. The molecule has 1 aliphatic carbocycles. The van der Waals surface area contributed by atoms with Gasteiger partial charge in [-0.05, 0) is 30.0 Å². The number of furan rings is 1. The topological polar surface area (TPSA) is 54.6 Å². The Hall–Kier alpha value is -2.36. The van der Waals surface area contributed by atoms with Crippen LogP contribution < -0.4 is 5.43 Å². The summed E-state index contributed by atoms with van der Waals surface area (Å²) < 4.78 is 5.08. The van der Waals surface area contributed by atoms with Crippen LogP contribution in [0.2, 0.25) is 0 Å². The molecule has 1 N–H and O–H groups in total. The molecule has 19 heavy (non-hydrogen) atoms. The Morgan fingerprint density at radius 2 is 2.11 bits per heavy atom. The Balaban J connectivity index is 1.53. The lowest BCUT2D eigenvalue weighted by Crippen LogP contribution is -2.20. The highest BCUT2D eigenvalue weighted by atomic mass is 16.3. The predicted molar refractivity (Wildman–Crippen MR) is 71.7 cm³/mol. The zero-order chi connectivity index (χ0) is 13.1. The molecule has 1 heterocycles. The third-order valence-corrected chi connectivity index (χ3v) is 3.26. The molecule has 3 rings (SSSR count). The smallest absolute Gasteiger partial charge is 0.243 e. The summed E-state index contributed by atoms with van der Waals surface area (Å²) in [5.41, 5.74) is 3.77. The molecule has 0 unspecified atom stereocenters. The first-order chi connectivity index (χ1) is 9.34. The highest BCUT2D eigenvalue weighted by molar-refractivity contribution is 5.84. The van der Waals surface area contributed by atoms with Crippen LogP contribution in [0, 0.1) is 5.92 Å². The van der Waals surface area contributed by atoms with E-state index in [1.807, 2.05) is 18.2 Å². The van der Waals surface area contributed by atoms with Crippen molar-refractivity contribution < 1.29 is 9.21 Å². The lowest BCUT2D eigenvalue weighted by Gasteiger charge is -1.99. The summed E-state index contributed by atoms with van der Waals surface area (Å²) >= 11 is 0. The molecule has 0 spiro atoms. The fraction of sp³-hybridized carbons (Fsp3) is 0.200. The van der Waals surface area contributed by atoms with Crippen LogP contribution in [0.15, 0.2) is 58.2 Å². The predicted octanol–water partition coefficient (Wildman–Crippen LogP) is 2.53. The number of hydrogen-bond acceptors (Lipinski definition) is 3. The van der Waals surface area contributed by atoms with Gasteiger partial charge in [0, 0.05) is 5.92 Å². The molecule has 0 saturated heterocycles. The number of carbonyl (C=O) groups is 1. The van der Waals surface area contributed by atoms with Crippen molar-refractivity contribution in [3.05, 3.63) is 60.1 Å². The number of nitrogens with one attached hydrogen (secondary N) is 1.